The van der Waals surface area contributed by atoms with Crippen molar-refractivity contribution in [1.29, 1.82) is 0 Å². The molecule has 0 radical (unpaired) electrons. The maximum Gasteiger partial charge on any atom is 0.278 e. The van der Waals surface area contributed by atoms with Gasteiger partial charge in [-0.05, 0) is 19.9 Å². The summed E-state index contributed by atoms with van der Waals surface area (Å²) in [6, 6.07) is 8.11. The van der Waals surface area contributed by atoms with Gasteiger partial charge in [0.05, 0.1) is 6.54 Å². The summed E-state index contributed by atoms with van der Waals surface area (Å²) in [7, 11) is 1.19. The van der Waals surface area contributed by atoms with Gasteiger partial charge in [0.1, 0.15) is 5.76 Å². The van der Waals surface area contributed by atoms with Gasteiger partial charge in [-0.15, -0.1) is 0 Å². The smallest absolute Gasteiger partial charge is 0.278 e. The highest BCUT2D eigenvalue weighted by atomic mass is 16.6. The number of amides is 1. The Labute approximate surface area is 169 Å². The Bertz CT molecular complexity index is 852. The van der Waals surface area contributed by atoms with E-state index in [-0.39, 0.29) is 23.4 Å². The molecular weight excluding hydrogens is 376 g/mol. The van der Waals surface area contributed by atoms with E-state index in [4.69, 9.17) is 9.47 Å². The fourth-order valence-corrected chi connectivity index (χ4v) is 3.70. The van der Waals surface area contributed by atoms with Gasteiger partial charge in [0.25, 0.3) is 11.5 Å². The molecule has 1 amide bonds. The van der Waals surface area contributed by atoms with E-state index in [9.17, 15) is 19.5 Å². The first-order chi connectivity index (χ1) is 13.8. The zero-order chi connectivity index (χ0) is 21.2. The fourth-order valence-electron chi connectivity index (χ4n) is 3.70. The quantitative estimate of drug-likeness (QED) is 0.333. The lowest BCUT2D eigenvalue weighted by molar-refractivity contribution is -0.160. The molecule has 3 atom stereocenters. The summed E-state index contributed by atoms with van der Waals surface area (Å²) >= 11 is 0. The number of aliphatic hydroxyl groups is 1. The fraction of sp³-hybridized carbons (Fsp3) is 0.476. The Balaban J connectivity index is 1.91. The number of Topliss-reactive ketones (excluding diaryl/α,β-unsaturated/α-hetero) is 2. The SMILES string of the molecule is CCCCNCC1=C(C)C(=O)[C@]2(O1)C(=O)N[C@@](OC)(C(=O)c1ccccc1)C2O. The monoisotopic (exact) mass is 402 g/mol. The zero-order valence-corrected chi connectivity index (χ0v) is 16.8. The molecule has 0 aliphatic carbocycles. The molecule has 1 saturated heterocycles. The molecule has 1 aromatic carbocycles. The van der Waals surface area contributed by atoms with Crippen LogP contribution in [0, 0.1) is 0 Å². The van der Waals surface area contributed by atoms with Gasteiger partial charge in [-0.3, -0.25) is 14.4 Å². The predicted octanol–water partition coefficient (Wildman–Crippen LogP) is 0.704. The van der Waals surface area contributed by atoms with E-state index >= 15 is 0 Å². The van der Waals surface area contributed by atoms with Gasteiger partial charge in [-0.25, -0.2) is 0 Å². The molecule has 3 rings (SSSR count). The largest absolute Gasteiger partial charge is 0.469 e. The number of carbonyl (C=O) groups is 3. The average Bonchev–Trinajstić information content (AvgIpc) is 3.13. The number of nitrogens with one attached hydrogen (secondary N) is 2. The van der Waals surface area contributed by atoms with Crippen molar-refractivity contribution in [3.05, 3.63) is 47.2 Å². The van der Waals surface area contributed by atoms with Crippen molar-refractivity contribution in [2.45, 2.75) is 44.1 Å². The topological polar surface area (TPSA) is 114 Å². The number of hydrogen-bond donors (Lipinski definition) is 3. The van der Waals surface area contributed by atoms with Crippen LogP contribution in [0.2, 0.25) is 0 Å². The number of rotatable bonds is 8. The number of aliphatic hydroxyl groups excluding tert-OH is 1. The number of unbranched alkanes of at least 4 members (excludes halogenated alkanes) is 1. The van der Waals surface area contributed by atoms with Crippen LogP contribution in [0.15, 0.2) is 41.7 Å². The second kappa shape index (κ2) is 8.06. The molecule has 2 aliphatic heterocycles. The molecule has 0 bridgehead atoms. The van der Waals surface area contributed by atoms with Crippen LogP contribution in [0.4, 0.5) is 0 Å². The maximum atomic E-state index is 13.1. The number of ether oxygens (including phenoxy) is 2. The second-order valence-corrected chi connectivity index (χ2v) is 7.24. The summed E-state index contributed by atoms with van der Waals surface area (Å²) < 4.78 is 11.1. The molecule has 0 aromatic heterocycles. The van der Waals surface area contributed by atoms with Crippen LogP contribution >= 0.6 is 0 Å². The third kappa shape index (κ3) is 3.17. The van der Waals surface area contributed by atoms with Gasteiger partial charge in [0.15, 0.2) is 6.10 Å². The Morgan fingerprint density at radius 2 is 2.00 bits per heavy atom. The van der Waals surface area contributed by atoms with Gasteiger partial charge < -0.3 is 25.2 Å². The van der Waals surface area contributed by atoms with E-state index in [1.54, 1.807) is 25.1 Å². The van der Waals surface area contributed by atoms with Crippen LogP contribution in [-0.2, 0) is 19.1 Å². The van der Waals surface area contributed by atoms with Crippen molar-refractivity contribution in [2.24, 2.45) is 0 Å². The highest BCUT2D eigenvalue weighted by molar-refractivity contribution is 6.23. The van der Waals surface area contributed by atoms with Crippen LogP contribution in [0.3, 0.4) is 0 Å². The normalized spacial score (nSPS) is 28.8. The zero-order valence-electron chi connectivity index (χ0n) is 16.8. The van der Waals surface area contributed by atoms with E-state index in [0.29, 0.717) is 0 Å². The molecule has 29 heavy (non-hydrogen) atoms. The molecule has 1 fully saturated rings. The molecule has 1 aromatic rings. The van der Waals surface area contributed by atoms with Crippen molar-refractivity contribution in [3.8, 4) is 0 Å². The van der Waals surface area contributed by atoms with Gasteiger partial charge in [-0.2, -0.15) is 0 Å². The van der Waals surface area contributed by atoms with Crippen molar-refractivity contribution >= 4 is 17.5 Å². The van der Waals surface area contributed by atoms with Crippen molar-refractivity contribution in [1.82, 2.24) is 10.6 Å². The van der Waals surface area contributed by atoms with Crippen LogP contribution in [0.25, 0.3) is 0 Å². The van der Waals surface area contributed by atoms with Crippen LogP contribution in [-0.4, -0.2) is 60.2 Å². The van der Waals surface area contributed by atoms with E-state index in [1.165, 1.54) is 19.2 Å². The maximum absolute atomic E-state index is 13.1. The lowest BCUT2D eigenvalue weighted by atomic mass is 9.85. The van der Waals surface area contributed by atoms with E-state index in [2.05, 4.69) is 17.6 Å². The van der Waals surface area contributed by atoms with Gasteiger partial charge in [0, 0.05) is 18.2 Å². The first-order valence-electron chi connectivity index (χ1n) is 9.65. The number of hydrogen-bond acceptors (Lipinski definition) is 7. The van der Waals surface area contributed by atoms with Crippen LogP contribution in [0.1, 0.15) is 37.0 Å². The highest BCUT2D eigenvalue weighted by Gasteiger charge is 2.73. The van der Waals surface area contributed by atoms with E-state index < -0.39 is 34.9 Å². The van der Waals surface area contributed by atoms with Crippen LogP contribution < -0.4 is 10.6 Å². The lowest BCUT2D eigenvalue weighted by Crippen LogP contribution is -2.60. The average molecular weight is 402 g/mol. The van der Waals surface area contributed by atoms with Gasteiger partial charge in [-0.1, -0.05) is 43.7 Å². The van der Waals surface area contributed by atoms with Gasteiger partial charge in [0.2, 0.25) is 17.3 Å². The second-order valence-electron chi connectivity index (χ2n) is 7.24. The summed E-state index contributed by atoms with van der Waals surface area (Å²) in [5, 5.41) is 16.6. The third-order valence-electron chi connectivity index (χ3n) is 5.47. The summed E-state index contributed by atoms with van der Waals surface area (Å²) in [5.41, 5.74) is -3.91. The predicted molar refractivity (Wildman–Crippen MR) is 104 cm³/mol. The minimum atomic E-state index is -2.24. The molecular formula is C21H26N2O6. The molecule has 0 saturated carbocycles. The number of benzene rings is 1. The third-order valence-corrected chi connectivity index (χ3v) is 5.47. The molecule has 8 heteroatoms. The van der Waals surface area contributed by atoms with E-state index in [1.807, 2.05) is 0 Å². The minimum absolute atomic E-state index is 0.224. The van der Waals surface area contributed by atoms with E-state index in [0.717, 1.165) is 19.4 Å². The molecule has 2 aliphatic rings. The molecule has 3 N–H and O–H groups in total. The first kappa shape index (κ1) is 21.2. The first-order valence-corrected chi connectivity index (χ1v) is 9.65. The molecule has 2 heterocycles. The standard InChI is InChI=1S/C21H26N2O6/c1-4-5-11-22-12-15-13(2)16(24)20(29-15)18(26)21(28-3,23-19(20)27)17(25)14-9-7-6-8-10-14/h6-10,18,22,26H,4-5,11-12H2,1-3H3,(H,23,27)/t18?,20-,21-/m1/s1. The number of carbonyl (C=O) groups excluding carboxylic acids is 3. The number of methoxy groups -OCH3 is 1. The van der Waals surface area contributed by atoms with Crippen LogP contribution in [0.5, 0.6) is 0 Å². The van der Waals surface area contributed by atoms with Gasteiger partial charge >= 0.3 is 0 Å². The number of ketones is 2. The Morgan fingerprint density at radius 3 is 2.62 bits per heavy atom. The molecule has 156 valence electrons. The summed E-state index contributed by atoms with van der Waals surface area (Å²) in [6.07, 6.45) is 0.0940. The lowest BCUT2D eigenvalue weighted by Gasteiger charge is -2.32. The molecule has 8 nitrogen and oxygen atoms in total. The minimum Gasteiger partial charge on any atom is -0.469 e. The van der Waals surface area contributed by atoms with Crippen molar-refractivity contribution < 1.29 is 29.0 Å². The Morgan fingerprint density at radius 1 is 1.31 bits per heavy atom. The Hall–Kier alpha value is -2.55. The van der Waals surface area contributed by atoms with Crippen molar-refractivity contribution in [2.75, 3.05) is 20.2 Å². The molecule has 1 unspecified atom stereocenters. The summed E-state index contributed by atoms with van der Waals surface area (Å²) in [6.45, 7) is 4.57. The highest BCUT2D eigenvalue weighted by Crippen LogP contribution is 2.43. The van der Waals surface area contributed by atoms with Crippen molar-refractivity contribution in [3.63, 3.8) is 0 Å². The molecule has 1 spiro atoms. The summed E-state index contributed by atoms with van der Waals surface area (Å²) in [5.74, 6) is -1.96. The Kier molecular flexibility index (Phi) is 5.88. The summed E-state index contributed by atoms with van der Waals surface area (Å²) in [4.78, 5) is 39.0.